The van der Waals surface area contributed by atoms with E-state index in [2.05, 4.69) is 10.4 Å². The van der Waals surface area contributed by atoms with Crippen molar-refractivity contribution in [2.24, 2.45) is 11.8 Å². The maximum absolute atomic E-state index is 13.1. The number of halogens is 2. The SMILES string of the molecule is CC(C)Cn1cc(C(F)F)c(C(=O)NCC2CCCC(O)C2)n1. The number of hydrogen-bond donors (Lipinski definition) is 2. The van der Waals surface area contributed by atoms with Crippen LogP contribution in [0.4, 0.5) is 8.78 Å². The molecule has 2 N–H and O–H groups in total. The minimum atomic E-state index is -2.73. The lowest BCUT2D eigenvalue weighted by atomic mass is 9.87. The van der Waals surface area contributed by atoms with Crippen molar-refractivity contribution in [1.29, 1.82) is 0 Å². The van der Waals surface area contributed by atoms with Crippen molar-refractivity contribution in [2.45, 2.75) is 58.6 Å². The van der Waals surface area contributed by atoms with Gasteiger partial charge >= 0.3 is 0 Å². The number of aliphatic hydroxyl groups excluding tert-OH is 1. The van der Waals surface area contributed by atoms with Gasteiger partial charge < -0.3 is 10.4 Å². The summed E-state index contributed by atoms with van der Waals surface area (Å²) in [6.07, 6.45) is 1.49. The van der Waals surface area contributed by atoms with Crippen molar-refractivity contribution < 1.29 is 18.7 Å². The van der Waals surface area contributed by atoms with Crippen LogP contribution in [-0.4, -0.2) is 33.4 Å². The van der Waals surface area contributed by atoms with Crippen LogP contribution in [0.25, 0.3) is 0 Å². The summed E-state index contributed by atoms with van der Waals surface area (Å²) < 4.78 is 27.6. The molecule has 130 valence electrons. The van der Waals surface area contributed by atoms with E-state index in [4.69, 9.17) is 0 Å². The molecule has 1 saturated carbocycles. The molecule has 7 heteroatoms. The predicted molar refractivity (Wildman–Crippen MR) is 82.3 cm³/mol. The first-order chi connectivity index (χ1) is 10.9. The Bertz CT molecular complexity index is 531. The second-order valence-electron chi connectivity index (χ2n) is 6.75. The van der Waals surface area contributed by atoms with E-state index in [1.165, 1.54) is 10.9 Å². The number of amides is 1. The van der Waals surface area contributed by atoms with Crippen LogP contribution in [0, 0.1) is 11.8 Å². The third-order valence-corrected chi connectivity index (χ3v) is 4.10. The van der Waals surface area contributed by atoms with Gasteiger partial charge in [-0.25, -0.2) is 8.78 Å². The first-order valence-corrected chi connectivity index (χ1v) is 8.18. The topological polar surface area (TPSA) is 67.2 Å². The van der Waals surface area contributed by atoms with Gasteiger partial charge in [-0.05, 0) is 31.1 Å². The molecule has 0 bridgehead atoms. The summed E-state index contributed by atoms with van der Waals surface area (Å²) in [5, 5.41) is 16.4. The van der Waals surface area contributed by atoms with Crippen LogP contribution in [0.3, 0.4) is 0 Å². The van der Waals surface area contributed by atoms with Gasteiger partial charge in [0.2, 0.25) is 0 Å². The number of alkyl halides is 2. The van der Waals surface area contributed by atoms with E-state index >= 15 is 0 Å². The van der Waals surface area contributed by atoms with E-state index in [1.54, 1.807) is 0 Å². The van der Waals surface area contributed by atoms with Crippen molar-refractivity contribution in [2.75, 3.05) is 6.54 Å². The first-order valence-electron chi connectivity index (χ1n) is 8.18. The molecule has 1 heterocycles. The molecule has 0 spiro atoms. The molecule has 0 radical (unpaired) electrons. The van der Waals surface area contributed by atoms with E-state index in [1.807, 2.05) is 13.8 Å². The van der Waals surface area contributed by atoms with E-state index < -0.39 is 12.3 Å². The highest BCUT2D eigenvalue weighted by atomic mass is 19.3. The van der Waals surface area contributed by atoms with Crippen molar-refractivity contribution in [3.8, 4) is 0 Å². The Morgan fingerprint density at radius 3 is 2.83 bits per heavy atom. The number of carbonyl (C=O) groups is 1. The summed E-state index contributed by atoms with van der Waals surface area (Å²) in [4.78, 5) is 12.2. The van der Waals surface area contributed by atoms with Crippen molar-refractivity contribution in [3.05, 3.63) is 17.5 Å². The fourth-order valence-electron chi connectivity index (χ4n) is 3.01. The number of hydrogen-bond acceptors (Lipinski definition) is 3. The zero-order valence-corrected chi connectivity index (χ0v) is 13.6. The van der Waals surface area contributed by atoms with Gasteiger partial charge in [-0.2, -0.15) is 5.10 Å². The van der Waals surface area contributed by atoms with Crippen molar-refractivity contribution in [1.82, 2.24) is 15.1 Å². The van der Waals surface area contributed by atoms with Crippen LogP contribution in [0.15, 0.2) is 6.20 Å². The molecular weight excluding hydrogens is 304 g/mol. The smallest absolute Gasteiger partial charge is 0.272 e. The van der Waals surface area contributed by atoms with Crippen LogP contribution in [0.2, 0.25) is 0 Å². The Balaban J connectivity index is 2.01. The number of aromatic nitrogens is 2. The third-order valence-electron chi connectivity index (χ3n) is 4.10. The van der Waals surface area contributed by atoms with E-state index in [0.717, 1.165) is 19.3 Å². The van der Waals surface area contributed by atoms with Crippen LogP contribution >= 0.6 is 0 Å². The fraction of sp³-hybridized carbons (Fsp3) is 0.750. The molecular formula is C16H25F2N3O2. The average Bonchev–Trinajstić information content (AvgIpc) is 2.88. The third kappa shape index (κ3) is 4.99. The minimum absolute atomic E-state index is 0.190. The fourth-order valence-corrected chi connectivity index (χ4v) is 3.01. The molecule has 1 aromatic heterocycles. The van der Waals surface area contributed by atoms with E-state index in [0.29, 0.717) is 19.5 Å². The Morgan fingerprint density at radius 2 is 2.22 bits per heavy atom. The molecule has 1 fully saturated rings. The molecule has 0 saturated heterocycles. The highest BCUT2D eigenvalue weighted by molar-refractivity contribution is 5.93. The molecule has 2 rings (SSSR count). The molecule has 2 atom stereocenters. The van der Waals surface area contributed by atoms with Gasteiger partial charge in [0.05, 0.1) is 11.7 Å². The van der Waals surface area contributed by atoms with Crippen LogP contribution in [0.5, 0.6) is 0 Å². The summed E-state index contributed by atoms with van der Waals surface area (Å²) in [5.74, 6) is -0.127. The highest BCUT2D eigenvalue weighted by Gasteiger charge is 2.25. The van der Waals surface area contributed by atoms with Crippen LogP contribution in [0.1, 0.15) is 62.0 Å². The van der Waals surface area contributed by atoms with Gasteiger partial charge in [-0.15, -0.1) is 0 Å². The Morgan fingerprint density at radius 1 is 1.48 bits per heavy atom. The van der Waals surface area contributed by atoms with E-state index in [-0.39, 0.29) is 29.2 Å². The second kappa shape index (κ2) is 7.86. The van der Waals surface area contributed by atoms with Crippen molar-refractivity contribution in [3.63, 3.8) is 0 Å². The predicted octanol–water partition coefficient (Wildman–Crippen LogP) is 2.76. The Hall–Kier alpha value is -1.50. The Labute approximate surface area is 135 Å². The molecule has 5 nitrogen and oxygen atoms in total. The first kappa shape index (κ1) is 17.8. The Kier molecular flexibility index (Phi) is 6.10. The summed E-state index contributed by atoms with van der Waals surface area (Å²) >= 11 is 0. The number of rotatable bonds is 6. The lowest BCUT2D eigenvalue weighted by Crippen LogP contribution is -2.33. The van der Waals surface area contributed by atoms with Gasteiger partial charge in [0, 0.05) is 19.3 Å². The second-order valence-corrected chi connectivity index (χ2v) is 6.75. The highest BCUT2D eigenvalue weighted by Crippen LogP contribution is 2.25. The lowest BCUT2D eigenvalue weighted by Gasteiger charge is -2.25. The number of nitrogens with zero attached hydrogens (tertiary/aromatic N) is 2. The standard InChI is InChI=1S/C16H25F2N3O2/c1-10(2)8-21-9-13(15(17)18)14(20-21)16(23)19-7-11-4-3-5-12(22)6-11/h9-12,15,22H,3-8H2,1-2H3,(H,19,23). The van der Waals surface area contributed by atoms with Crippen LogP contribution in [-0.2, 0) is 6.54 Å². The number of nitrogens with one attached hydrogen (secondary N) is 1. The van der Waals surface area contributed by atoms with Gasteiger partial charge in [0.25, 0.3) is 12.3 Å². The molecule has 0 aliphatic heterocycles. The lowest BCUT2D eigenvalue weighted by molar-refractivity contribution is 0.0861. The van der Waals surface area contributed by atoms with Gasteiger partial charge in [0.15, 0.2) is 5.69 Å². The quantitative estimate of drug-likeness (QED) is 0.843. The summed E-state index contributed by atoms with van der Waals surface area (Å²) in [6, 6.07) is 0. The molecule has 1 aromatic rings. The summed E-state index contributed by atoms with van der Waals surface area (Å²) in [5.41, 5.74) is -0.524. The normalized spacial score (nSPS) is 21.9. The average molecular weight is 329 g/mol. The maximum atomic E-state index is 13.1. The monoisotopic (exact) mass is 329 g/mol. The molecule has 23 heavy (non-hydrogen) atoms. The summed E-state index contributed by atoms with van der Waals surface area (Å²) in [7, 11) is 0. The molecule has 1 amide bonds. The molecule has 1 aliphatic carbocycles. The van der Waals surface area contributed by atoms with Crippen molar-refractivity contribution >= 4 is 5.91 Å². The zero-order valence-electron chi connectivity index (χ0n) is 13.6. The van der Waals surface area contributed by atoms with Gasteiger partial charge in [-0.3, -0.25) is 9.48 Å². The molecule has 1 aliphatic rings. The minimum Gasteiger partial charge on any atom is -0.393 e. The van der Waals surface area contributed by atoms with Gasteiger partial charge in [-0.1, -0.05) is 20.3 Å². The molecule has 2 unspecified atom stereocenters. The maximum Gasteiger partial charge on any atom is 0.272 e. The van der Waals surface area contributed by atoms with Crippen LogP contribution < -0.4 is 5.32 Å². The molecule has 0 aromatic carbocycles. The number of carbonyl (C=O) groups excluding carboxylic acids is 1. The largest absolute Gasteiger partial charge is 0.393 e. The summed E-state index contributed by atoms with van der Waals surface area (Å²) in [6.45, 7) is 4.78. The number of aliphatic hydroxyl groups is 1. The van der Waals surface area contributed by atoms with E-state index in [9.17, 15) is 18.7 Å². The zero-order chi connectivity index (χ0) is 17.0. The van der Waals surface area contributed by atoms with Gasteiger partial charge in [0.1, 0.15) is 0 Å².